The summed E-state index contributed by atoms with van der Waals surface area (Å²) in [7, 11) is 0. The lowest BCUT2D eigenvalue weighted by molar-refractivity contribution is -0.143. The standard InChI is InChI=1S/C33H40N2O4S2/c1-18(2)39-30(38)26-19(3)34-31-35(27(26)21-11-13-22(40-10)14-12-21)29(37)25(41-31)17-20-15-23(32(4,5)6)28(36)24(16-20)33(7,8)9/h11-18,27,36H,1-10H3/b25-17+/t27-/m0/s1. The van der Waals surface area contributed by atoms with Crippen LogP contribution in [0.2, 0.25) is 0 Å². The Kier molecular flexibility index (Phi) is 8.50. The zero-order valence-electron chi connectivity index (χ0n) is 25.6. The van der Waals surface area contributed by atoms with Crippen LogP contribution in [0, 0.1) is 0 Å². The molecule has 1 aliphatic heterocycles. The van der Waals surface area contributed by atoms with Gasteiger partial charge in [0.05, 0.1) is 27.9 Å². The number of aromatic nitrogens is 1. The highest BCUT2D eigenvalue weighted by atomic mass is 32.2. The third kappa shape index (κ3) is 6.24. The molecule has 0 radical (unpaired) electrons. The number of nitrogens with zero attached hydrogens (tertiary/aromatic N) is 2. The van der Waals surface area contributed by atoms with Crippen LogP contribution in [0.3, 0.4) is 0 Å². The van der Waals surface area contributed by atoms with E-state index in [4.69, 9.17) is 9.73 Å². The summed E-state index contributed by atoms with van der Waals surface area (Å²) in [5, 5.41) is 11.2. The number of allylic oxidation sites excluding steroid dienone is 1. The van der Waals surface area contributed by atoms with Crippen molar-refractivity contribution in [2.75, 3.05) is 6.26 Å². The molecule has 0 bridgehead atoms. The van der Waals surface area contributed by atoms with Gasteiger partial charge in [0.25, 0.3) is 5.56 Å². The first-order valence-electron chi connectivity index (χ1n) is 13.8. The maximum Gasteiger partial charge on any atom is 0.338 e. The number of hydrogen-bond donors (Lipinski definition) is 1. The van der Waals surface area contributed by atoms with E-state index in [0.29, 0.717) is 26.4 Å². The number of benzene rings is 2. The lowest BCUT2D eigenvalue weighted by Crippen LogP contribution is -2.40. The Morgan fingerprint density at radius 3 is 2.12 bits per heavy atom. The molecule has 0 fully saturated rings. The number of rotatable bonds is 5. The molecule has 1 aliphatic rings. The van der Waals surface area contributed by atoms with Gasteiger partial charge in [0.1, 0.15) is 5.75 Å². The highest BCUT2D eigenvalue weighted by Crippen LogP contribution is 2.40. The number of phenols is 1. The van der Waals surface area contributed by atoms with Crippen molar-refractivity contribution in [1.29, 1.82) is 0 Å². The molecule has 4 rings (SSSR count). The molecule has 0 amide bonds. The fraction of sp³-hybridized carbons (Fsp3) is 0.424. The predicted molar refractivity (Wildman–Crippen MR) is 169 cm³/mol. The fourth-order valence-corrected chi connectivity index (χ4v) is 6.45. The van der Waals surface area contributed by atoms with Crippen molar-refractivity contribution in [3.8, 4) is 5.75 Å². The first-order chi connectivity index (χ1) is 19.0. The predicted octanol–water partition coefficient (Wildman–Crippen LogP) is 6.21. The summed E-state index contributed by atoms with van der Waals surface area (Å²) in [5.74, 6) is -0.182. The van der Waals surface area contributed by atoms with Crippen LogP contribution in [0.25, 0.3) is 6.08 Å². The van der Waals surface area contributed by atoms with Gasteiger partial charge in [-0.2, -0.15) is 0 Å². The SMILES string of the molecule is CSc1ccc([C@H]2C(C(=O)OC(C)C)=C(C)N=c3s/c(=C/c4cc(C(C)(C)C)c(O)c(C(C)(C)C)c4)c(=O)n32)cc1. The normalized spacial score (nSPS) is 16.2. The van der Waals surface area contributed by atoms with Gasteiger partial charge in [-0.25, -0.2) is 9.79 Å². The zero-order valence-corrected chi connectivity index (χ0v) is 27.2. The highest BCUT2D eigenvalue weighted by Gasteiger charge is 2.34. The molecule has 2 aromatic carbocycles. The summed E-state index contributed by atoms with van der Waals surface area (Å²) >= 11 is 2.93. The highest BCUT2D eigenvalue weighted by molar-refractivity contribution is 7.98. The zero-order chi connectivity index (χ0) is 30.4. The van der Waals surface area contributed by atoms with E-state index in [1.807, 2.05) is 48.7 Å². The van der Waals surface area contributed by atoms with Gasteiger partial charge in [-0.3, -0.25) is 9.36 Å². The van der Waals surface area contributed by atoms with Crippen molar-refractivity contribution in [3.63, 3.8) is 0 Å². The van der Waals surface area contributed by atoms with Crippen molar-refractivity contribution in [2.45, 2.75) is 90.2 Å². The molecule has 8 heteroatoms. The van der Waals surface area contributed by atoms with Gasteiger partial charge in [0.15, 0.2) is 4.80 Å². The minimum absolute atomic E-state index is 0.224. The maximum atomic E-state index is 14.1. The van der Waals surface area contributed by atoms with Crippen LogP contribution in [0.15, 0.2) is 62.4 Å². The fourth-order valence-electron chi connectivity index (χ4n) is 5.00. The second-order valence-electron chi connectivity index (χ2n) is 12.8. The van der Waals surface area contributed by atoms with E-state index in [2.05, 4.69) is 41.5 Å². The van der Waals surface area contributed by atoms with E-state index in [-0.39, 0.29) is 22.5 Å². The van der Waals surface area contributed by atoms with Crippen molar-refractivity contribution >= 4 is 35.1 Å². The number of aromatic hydroxyl groups is 1. The Morgan fingerprint density at radius 1 is 1.07 bits per heavy atom. The summed E-state index contributed by atoms with van der Waals surface area (Å²) in [6.07, 6.45) is 3.57. The van der Waals surface area contributed by atoms with Gasteiger partial charge < -0.3 is 9.84 Å². The smallest absolute Gasteiger partial charge is 0.338 e. The molecular weight excluding hydrogens is 553 g/mol. The molecular formula is C33H40N2O4S2. The molecule has 218 valence electrons. The van der Waals surface area contributed by atoms with Crippen LogP contribution >= 0.6 is 23.1 Å². The number of esters is 1. The molecule has 41 heavy (non-hydrogen) atoms. The molecule has 3 aromatic rings. The quantitative estimate of drug-likeness (QED) is 0.282. The second-order valence-corrected chi connectivity index (χ2v) is 14.7. The minimum atomic E-state index is -0.661. The van der Waals surface area contributed by atoms with Crippen LogP contribution in [-0.2, 0) is 20.4 Å². The van der Waals surface area contributed by atoms with Gasteiger partial charge in [0.2, 0.25) is 0 Å². The van der Waals surface area contributed by atoms with E-state index in [1.54, 1.807) is 37.1 Å². The van der Waals surface area contributed by atoms with Crippen LogP contribution in [0.4, 0.5) is 0 Å². The average molecular weight is 593 g/mol. The lowest BCUT2D eigenvalue weighted by atomic mass is 9.78. The molecule has 1 N–H and O–H groups in total. The third-order valence-electron chi connectivity index (χ3n) is 7.06. The molecule has 0 saturated heterocycles. The summed E-state index contributed by atoms with van der Waals surface area (Å²) in [6, 6.07) is 11.2. The van der Waals surface area contributed by atoms with Gasteiger partial charge in [-0.1, -0.05) is 65.0 Å². The van der Waals surface area contributed by atoms with Crippen molar-refractivity contribution in [1.82, 2.24) is 4.57 Å². The number of phenolic OH excluding ortho intramolecular Hbond substituents is 1. The van der Waals surface area contributed by atoms with Gasteiger partial charge >= 0.3 is 5.97 Å². The Bertz CT molecular complexity index is 1660. The van der Waals surface area contributed by atoms with Crippen molar-refractivity contribution in [2.24, 2.45) is 4.99 Å². The number of carbonyl (C=O) groups excluding carboxylic acids is 1. The number of thioether (sulfide) groups is 1. The molecule has 1 atom stereocenters. The van der Waals surface area contributed by atoms with Gasteiger partial charge in [-0.15, -0.1) is 11.8 Å². The molecule has 0 saturated carbocycles. The number of hydrogen-bond acceptors (Lipinski definition) is 7. The molecule has 0 unspecified atom stereocenters. The van der Waals surface area contributed by atoms with E-state index < -0.39 is 12.0 Å². The van der Waals surface area contributed by atoms with Crippen molar-refractivity contribution in [3.05, 3.63) is 89.6 Å². The Morgan fingerprint density at radius 2 is 1.63 bits per heavy atom. The van der Waals surface area contributed by atoms with Crippen LogP contribution in [0.5, 0.6) is 5.75 Å². The molecule has 2 heterocycles. The number of ether oxygens (including phenoxy) is 1. The summed E-state index contributed by atoms with van der Waals surface area (Å²) in [5.41, 5.74) is 3.38. The molecule has 6 nitrogen and oxygen atoms in total. The van der Waals surface area contributed by atoms with E-state index >= 15 is 0 Å². The number of carbonyl (C=O) groups is 1. The lowest BCUT2D eigenvalue weighted by Gasteiger charge is -2.27. The monoisotopic (exact) mass is 592 g/mol. The van der Waals surface area contributed by atoms with Crippen molar-refractivity contribution < 1.29 is 14.6 Å². The largest absolute Gasteiger partial charge is 0.507 e. The van der Waals surface area contributed by atoms with Gasteiger partial charge in [-0.05, 0) is 79.3 Å². The topological polar surface area (TPSA) is 80.9 Å². The molecule has 0 spiro atoms. The maximum absolute atomic E-state index is 14.1. The van der Waals surface area contributed by atoms with Crippen LogP contribution in [0.1, 0.15) is 90.6 Å². The number of fused-ring (bicyclic) bond motifs is 1. The second kappa shape index (κ2) is 11.3. The number of thiazole rings is 1. The minimum Gasteiger partial charge on any atom is -0.507 e. The van der Waals surface area contributed by atoms with Crippen LogP contribution < -0.4 is 14.9 Å². The first-order valence-corrected chi connectivity index (χ1v) is 15.8. The first kappa shape index (κ1) is 30.8. The average Bonchev–Trinajstić information content (AvgIpc) is 3.16. The van der Waals surface area contributed by atoms with E-state index in [9.17, 15) is 14.7 Å². The van der Waals surface area contributed by atoms with E-state index in [0.717, 1.165) is 27.1 Å². The third-order valence-corrected chi connectivity index (χ3v) is 8.79. The molecule has 0 aliphatic carbocycles. The summed E-state index contributed by atoms with van der Waals surface area (Å²) < 4.78 is 7.73. The Hall–Kier alpha value is -3.10. The summed E-state index contributed by atoms with van der Waals surface area (Å²) in [6.45, 7) is 17.8. The Labute approximate surface area is 250 Å². The van der Waals surface area contributed by atoms with E-state index in [1.165, 1.54) is 11.3 Å². The van der Waals surface area contributed by atoms with Gasteiger partial charge in [0, 0.05) is 16.0 Å². The van der Waals surface area contributed by atoms with Crippen LogP contribution in [-0.4, -0.2) is 28.0 Å². The molecule has 1 aromatic heterocycles. The Balaban J connectivity index is 1.98. The summed E-state index contributed by atoms with van der Waals surface area (Å²) in [4.78, 5) is 33.8.